The van der Waals surface area contributed by atoms with Crippen molar-refractivity contribution in [3.63, 3.8) is 0 Å². The first-order valence-electron chi connectivity index (χ1n) is 7.85. The predicted octanol–water partition coefficient (Wildman–Crippen LogP) is 3.27. The van der Waals surface area contributed by atoms with Crippen molar-refractivity contribution in [3.8, 4) is 0 Å². The molecule has 0 aliphatic rings. The minimum absolute atomic E-state index is 0.115. The van der Waals surface area contributed by atoms with Crippen LogP contribution in [0.5, 0.6) is 0 Å². The predicted molar refractivity (Wildman–Crippen MR) is 97.2 cm³/mol. The van der Waals surface area contributed by atoms with Crippen molar-refractivity contribution in [2.75, 3.05) is 17.2 Å². The minimum atomic E-state index is -0.274. The molecule has 0 aromatic heterocycles. The van der Waals surface area contributed by atoms with Gasteiger partial charge in [-0.3, -0.25) is 9.59 Å². The van der Waals surface area contributed by atoms with E-state index in [9.17, 15) is 9.59 Å². The van der Waals surface area contributed by atoms with Gasteiger partial charge in [-0.15, -0.1) is 0 Å². The summed E-state index contributed by atoms with van der Waals surface area (Å²) in [7, 11) is 0. The van der Waals surface area contributed by atoms with Crippen LogP contribution in [0, 0.1) is 0 Å². The zero-order valence-corrected chi connectivity index (χ0v) is 14.2. The molecule has 0 fully saturated rings. The Morgan fingerprint density at radius 3 is 2.08 bits per heavy atom. The highest BCUT2D eigenvalue weighted by atomic mass is 16.2. The lowest BCUT2D eigenvalue weighted by Gasteiger charge is -2.20. The van der Waals surface area contributed by atoms with E-state index in [4.69, 9.17) is 0 Å². The van der Waals surface area contributed by atoms with Crippen LogP contribution in [-0.2, 0) is 4.79 Å². The highest BCUT2D eigenvalue weighted by Gasteiger charge is 2.15. The second-order valence-electron chi connectivity index (χ2n) is 6.55. The first-order valence-corrected chi connectivity index (χ1v) is 7.85. The third-order valence-electron chi connectivity index (χ3n) is 3.15. The zero-order chi connectivity index (χ0) is 17.6. The van der Waals surface area contributed by atoms with Gasteiger partial charge in [0.1, 0.15) is 0 Å². The molecule has 0 saturated heterocycles. The van der Waals surface area contributed by atoms with Crippen LogP contribution < -0.4 is 16.0 Å². The molecule has 0 atom stereocenters. The molecule has 2 rings (SSSR count). The zero-order valence-electron chi connectivity index (χ0n) is 14.2. The van der Waals surface area contributed by atoms with Gasteiger partial charge in [0, 0.05) is 22.5 Å². The Morgan fingerprint density at radius 2 is 1.50 bits per heavy atom. The van der Waals surface area contributed by atoms with Crippen LogP contribution in [0.25, 0.3) is 0 Å². The van der Waals surface area contributed by atoms with Gasteiger partial charge in [0.25, 0.3) is 5.91 Å². The fourth-order valence-electron chi connectivity index (χ4n) is 2.06. The van der Waals surface area contributed by atoms with E-state index in [1.165, 1.54) is 0 Å². The average molecular weight is 325 g/mol. The molecule has 2 aromatic carbocycles. The number of rotatable bonds is 5. The second kappa shape index (κ2) is 7.64. The Morgan fingerprint density at radius 1 is 0.875 bits per heavy atom. The van der Waals surface area contributed by atoms with E-state index in [0.29, 0.717) is 5.56 Å². The molecule has 3 N–H and O–H groups in total. The smallest absolute Gasteiger partial charge is 0.251 e. The molecular weight excluding hydrogens is 302 g/mol. The van der Waals surface area contributed by atoms with Gasteiger partial charge in [-0.25, -0.2) is 0 Å². The molecule has 0 heterocycles. The number of carbonyl (C=O) groups excluding carboxylic acids is 2. The van der Waals surface area contributed by atoms with E-state index >= 15 is 0 Å². The molecule has 0 saturated carbocycles. The lowest BCUT2D eigenvalue weighted by Crippen LogP contribution is -2.40. The van der Waals surface area contributed by atoms with Gasteiger partial charge < -0.3 is 16.0 Å². The van der Waals surface area contributed by atoms with Crippen molar-refractivity contribution < 1.29 is 9.59 Å². The molecular formula is C19H23N3O2. The number of anilines is 2. The molecule has 0 aliphatic carbocycles. The van der Waals surface area contributed by atoms with E-state index < -0.39 is 0 Å². The summed E-state index contributed by atoms with van der Waals surface area (Å²) < 4.78 is 0. The first-order chi connectivity index (χ1) is 11.3. The van der Waals surface area contributed by atoms with Crippen molar-refractivity contribution in [2.45, 2.75) is 26.3 Å². The summed E-state index contributed by atoms with van der Waals surface area (Å²) in [4.78, 5) is 23.9. The lowest BCUT2D eigenvalue weighted by molar-refractivity contribution is -0.114. The molecule has 5 nitrogen and oxygen atoms in total. The highest BCUT2D eigenvalue weighted by Crippen LogP contribution is 2.11. The maximum atomic E-state index is 12.0. The standard InChI is InChI=1S/C19H23N3O2/c1-19(2,3)22-18(24)14-9-11-15(12-10-14)20-13-17(23)21-16-7-5-4-6-8-16/h4-12,20H,13H2,1-3H3,(H,21,23)(H,22,24). The maximum absolute atomic E-state index is 12.0. The Balaban J connectivity index is 1.85. The number of carbonyl (C=O) groups is 2. The molecule has 2 aromatic rings. The van der Waals surface area contributed by atoms with Crippen LogP contribution in [0.1, 0.15) is 31.1 Å². The molecule has 126 valence electrons. The fourth-order valence-corrected chi connectivity index (χ4v) is 2.06. The Labute approximate surface area is 142 Å². The largest absolute Gasteiger partial charge is 0.376 e. The van der Waals surface area contributed by atoms with Crippen molar-refractivity contribution in [2.24, 2.45) is 0 Å². The molecule has 0 bridgehead atoms. The van der Waals surface area contributed by atoms with Crippen LogP contribution >= 0.6 is 0 Å². The SMILES string of the molecule is CC(C)(C)NC(=O)c1ccc(NCC(=O)Nc2ccccc2)cc1. The number of hydrogen-bond acceptors (Lipinski definition) is 3. The van der Waals surface area contributed by atoms with Gasteiger partial charge in [-0.1, -0.05) is 18.2 Å². The van der Waals surface area contributed by atoms with Crippen LogP contribution in [-0.4, -0.2) is 23.9 Å². The van der Waals surface area contributed by atoms with Crippen molar-refractivity contribution in [1.29, 1.82) is 0 Å². The topological polar surface area (TPSA) is 70.2 Å². The normalized spacial score (nSPS) is 10.8. The van der Waals surface area contributed by atoms with Crippen molar-refractivity contribution >= 4 is 23.2 Å². The van der Waals surface area contributed by atoms with E-state index in [0.717, 1.165) is 11.4 Å². The third-order valence-corrected chi connectivity index (χ3v) is 3.15. The summed E-state index contributed by atoms with van der Waals surface area (Å²) in [6.07, 6.45) is 0. The van der Waals surface area contributed by atoms with Crippen LogP contribution in [0.4, 0.5) is 11.4 Å². The molecule has 0 aliphatic heterocycles. The molecule has 0 radical (unpaired) electrons. The quantitative estimate of drug-likeness (QED) is 0.790. The number of hydrogen-bond donors (Lipinski definition) is 3. The molecule has 0 unspecified atom stereocenters. The molecule has 0 spiro atoms. The lowest BCUT2D eigenvalue weighted by atomic mass is 10.1. The van der Waals surface area contributed by atoms with Crippen LogP contribution in [0.2, 0.25) is 0 Å². The number of para-hydroxylation sites is 1. The van der Waals surface area contributed by atoms with Crippen molar-refractivity contribution in [1.82, 2.24) is 5.32 Å². The third kappa shape index (κ3) is 5.76. The van der Waals surface area contributed by atoms with Gasteiger partial charge in [0.15, 0.2) is 0 Å². The second-order valence-corrected chi connectivity index (χ2v) is 6.55. The summed E-state index contributed by atoms with van der Waals surface area (Å²) in [5, 5.41) is 8.75. The number of amides is 2. The van der Waals surface area contributed by atoms with Crippen LogP contribution in [0.3, 0.4) is 0 Å². The molecule has 5 heteroatoms. The summed E-state index contributed by atoms with van der Waals surface area (Å²) in [6.45, 7) is 5.97. The Kier molecular flexibility index (Phi) is 5.58. The summed E-state index contributed by atoms with van der Waals surface area (Å²) in [5.41, 5.74) is 1.86. The highest BCUT2D eigenvalue weighted by molar-refractivity contribution is 5.95. The van der Waals surface area contributed by atoms with E-state index in [-0.39, 0.29) is 23.9 Å². The molecule has 24 heavy (non-hydrogen) atoms. The van der Waals surface area contributed by atoms with Crippen LogP contribution in [0.15, 0.2) is 54.6 Å². The Hall–Kier alpha value is -2.82. The van der Waals surface area contributed by atoms with Gasteiger partial charge in [0.05, 0.1) is 6.54 Å². The Bertz CT molecular complexity index is 689. The van der Waals surface area contributed by atoms with E-state index in [1.54, 1.807) is 24.3 Å². The number of nitrogens with one attached hydrogen (secondary N) is 3. The monoisotopic (exact) mass is 325 g/mol. The van der Waals surface area contributed by atoms with Gasteiger partial charge in [-0.2, -0.15) is 0 Å². The van der Waals surface area contributed by atoms with Gasteiger partial charge in [-0.05, 0) is 57.2 Å². The van der Waals surface area contributed by atoms with Crippen molar-refractivity contribution in [3.05, 3.63) is 60.2 Å². The summed E-state index contributed by atoms with van der Waals surface area (Å²) in [6, 6.07) is 16.3. The van der Waals surface area contributed by atoms with Gasteiger partial charge >= 0.3 is 0 Å². The molecule has 2 amide bonds. The number of benzene rings is 2. The average Bonchev–Trinajstić information content (AvgIpc) is 2.53. The fraction of sp³-hybridized carbons (Fsp3) is 0.263. The summed E-state index contributed by atoms with van der Waals surface area (Å²) >= 11 is 0. The first kappa shape index (κ1) is 17.5. The minimum Gasteiger partial charge on any atom is -0.376 e. The van der Waals surface area contributed by atoms with E-state index in [2.05, 4.69) is 16.0 Å². The van der Waals surface area contributed by atoms with E-state index in [1.807, 2.05) is 51.1 Å². The summed E-state index contributed by atoms with van der Waals surface area (Å²) in [5.74, 6) is -0.244. The maximum Gasteiger partial charge on any atom is 0.251 e. The van der Waals surface area contributed by atoms with Gasteiger partial charge in [0.2, 0.25) is 5.91 Å².